The van der Waals surface area contributed by atoms with E-state index in [2.05, 4.69) is 5.32 Å². The zero-order valence-corrected chi connectivity index (χ0v) is 15.3. The highest BCUT2D eigenvalue weighted by atomic mass is 35.5. The Labute approximate surface area is 157 Å². The molecule has 6 heteroatoms. The average molecular weight is 373 g/mol. The molecule has 0 saturated carbocycles. The minimum absolute atomic E-state index is 0.0806. The monoisotopic (exact) mass is 372 g/mol. The van der Waals surface area contributed by atoms with Crippen molar-refractivity contribution in [2.45, 2.75) is 12.8 Å². The van der Waals surface area contributed by atoms with Crippen LogP contribution >= 0.6 is 11.6 Å². The summed E-state index contributed by atoms with van der Waals surface area (Å²) >= 11 is 6.17. The van der Waals surface area contributed by atoms with E-state index in [1.807, 2.05) is 36.4 Å². The molecule has 0 spiro atoms. The highest BCUT2D eigenvalue weighted by Crippen LogP contribution is 2.31. The van der Waals surface area contributed by atoms with E-state index in [4.69, 9.17) is 16.3 Å². The molecule has 2 aromatic rings. The summed E-state index contributed by atoms with van der Waals surface area (Å²) in [7, 11) is 1.63. The molecule has 0 bridgehead atoms. The van der Waals surface area contributed by atoms with Crippen LogP contribution < -0.4 is 15.0 Å². The maximum atomic E-state index is 12.4. The van der Waals surface area contributed by atoms with Crippen LogP contribution in [-0.4, -0.2) is 32.0 Å². The van der Waals surface area contributed by atoms with Gasteiger partial charge in [0.1, 0.15) is 5.75 Å². The van der Waals surface area contributed by atoms with E-state index >= 15 is 0 Å². The lowest BCUT2D eigenvalue weighted by atomic mass is 10.1. The van der Waals surface area contributed by atoms with Gasteiger partial charge < -0.3 is 15.0 Å². The molecule has 1 aliphatic rings. The van der Waals surface area contributed by atoms with Crippen LogP contribution in [0.5, 0.6) is 5.75 Å². The Morgan fingerprint density at radius 1 is 1.23 bits per heavy atom. The summed E-state index contributed by atoms with van der Waals surface area (Å²) in [5, 5.41) is 3.44. The summed E-state index contributed by atoms with van der Waals surface area (Å²) in [5.41, 5.74) is 1.69. The first-order valence-corrected chi connectivity index (χ1v) is 8.92. The SMILES string of the molecule is COc1ccccc1CCNC(=O)[C@@H]1CC(=O)N(c2ccccc2Cl)C1. The molecular formula is C20H21ClN2O3. The van der Waals surface area contributed by atoms with Crippen LogP contribution in [0.4, 0.5) is 5.69 Å². The van der Waals surface area contributed by atoms with Gasteiger partial charge in [-0.1, -0.05) is 41.9 Å². The van der Waals surface area contributed by atoms with E-state index < -0.39 is 0 Å². The number of halogens is 1. The summed E-state index contributed by atoms with van der Waals surface area (Å²) in [5.74, 6) is 0.255. The normalized spacial score (nSPS) is 16.6. The van der Waals surface area contributed by atoms with Gasteiger partial charge in [-0.2, -0.15) is 0 Å². The lowest BCUT2D eigenvalue weighted by Crippen LogP contribution is -2.34. The van der Waals surface area contributed by atoms with E-state index in [-0.39, 0.29) is 24.2 Å². The molecule has 136 valence electrons. The summed E-state index contributed by atoms with van der Waals surface area (Å²) in [4.78, 5) is 26.3. The fourth-order valence-corrected chi connectivity index (χ4v) is 3.40. The molecule has 1 heterocycles. The highest BCUT2D eigenvalue weighted by Gasteiger charge is 2.35. The quantitative estimate of drug-likeness (QED) is 0.847. The molecule has 1 fully saturated rings. The zero-order chi connectivity index (χ0) is 18.5. The van der Waals surface area contributed by atoms with Crippen molar-refractivity contribution in [1.29, 1.82) is 0 Å². The van der Waals surface area contributed by atoms with Gasteiger partial charge in [-0.3, -0.25) is 9.59 Å². The van der Waals surface area contributed by atoms with Gasteiger partial charge >= 0.3 is 0 Å². The van der Waals surface area contributed by atoms with Crippen molar-refractivity contribution in [3.05, 3.63) is 59.1 Å². The Morgan fingerprint density at radius 3 is 2.73 bits per heavy atom. The standard InChI is InChI=1S/C20H21ClN2O3/c1-26-18-9-5-2-6-14(18)10-11-22-20(25)15-12-19(24)23(13-15)17-8-4-3-7-16(17)21/h2-9,15H,10-13H2,1H3,(H,22,25)/t15-/m1/s1. The third-order valence-electron chi connectivity index (χ3n) is 4.53. The summed E-state index contributed by atoms with van der Waals surface area (Å²) in [6.45, 7) is 0.846. The third-order valence-corrected chi connectivity index (χ3v) is 4.84. The van der Waals surface area contributed by atoms with Crippen molar-refractivity contribution in [2.24, 2.45) is 5.92 Å². The number of anilines is 1. The second-order valence-corrected chi connectivity index (χ2v) is 6.62. The second-order valence-electron chi connectivity index (χ2n) is 6.21. The first-order valence-electron chi connectivity index (χ1n) is 8.54. The number of hydrogen-bond acceptors (Lipinski definition) is 3. The number of methoxy groups -OCH3 is 1. The molecule has 3 rings (SSSR count). The van der Waals surface area contributed by atoms with Gasteiger partial charge in [0.05, 0.1) is 23.7 Å². The minimum Gasteiger partial charge on any atom is -0.496 e. The molecule has 1 saturated heterocycles. The molecule has 2 aromatic carbocycles. The Morgan fingerprint density at radius 2 is 1.96 bits per heavy atom. The molecule has 0 aromatic heterocycles. The van der Waals surface area contributed by atoms with E-state index in [0.717, 1.165) is 11.3 Å². The van der Waals surface area contributed by atoms with Crippen LogP contribution in [0.15, 0.2) is 48.5 Å². The van der Waals surface area contributed by atoms with E-state index in [1.165, 1.54) is 0 Å². The van der Waals surface area contributed by atoms with Crippen LogP contribution in [0.1, 0.15) is 12.0 Å². The molecular weight excluding hydrogens is 352 g/mol. The molecule has 26 heavy (non-hydrogen) atoms. The van der Waals surface area contributed by atoms with Crippen molar-refractivity contribution >= 4 is 29.1 Å². The first kappa shape index (κ1) is 18.3. The zero-order valence-electron chi connectivity index (χ0n) is 14.6. The Balaban J connectivity index is 1.56. The lowest BCUT2D eigenvalue weighted by molar-refractivity contribution is -0.126. The van der Waals surface area contributed by atoms with Crippen LogP contribution in [0, 0.1) is 5.92 Å². The largest absolute Gasteiger partial charge is 0.496 e. The number of ether oxygens (including phenoxy) is 1. The molecule has 0 radical (unpaired) electrons. The summed E-state index contributed by atoms with van der Waals surface area (Å²) in [6, 6.07) is 14.9. The number of nitrogens with one attached hydrogen (secondary N) is 1. The lowest BCUT2D eigenvalue weighted by Gasteiger charge is -2.18. The Bertz CT molecular complexity index is 809. The fraction of sp³-hybridized carbons (Fsp3) is 0.300. The van der Waals surface area contributed by atoms with Gasteiger partial charge in [-0.25, -0.2) is 0 Å². The second kappa shape index (κ2) is 8.23. The van der Waals surface area contributed by atoms with Gasteiger partial charge in [-0.15, -0.1) is 0 Å². The van der Waals surface area contributed by atoms with Crippen LogP contribution in [-0.2, 0) is 16.0 Å². The minimum atomic E-state index is -0.364. The van der Waals surface area contributed by atoms with E-state index in [9.17, 15) is 9.59 Å². The summed E-state index contributed by atoms with van der Waals surface area (Å²) in [6.07, 6.45) is 0.871. The Kier molecular flexibility index (Phi) is 5.78. The number of para-hydroxylation sites is 2. The molecule has 0 aliphatic carbocycles. The van der Waals surface area contributed by atoms with Gasteiger partial charge in [0, 0.05) is 19.5 Å². The highest BCUT2D eigenvalue weighted by molar-refractivity contribution is 6.33. The molecule has 1 aliphatic heterocycles. The topological polar surface area (TPSA) is 58.6 Å². The summed E-state index contributed by atoms with van der Waals surface area (Å²) < 4.78 is 5.31. The maximum Gasteiger partial charge on any atom is 0.227 e. The molecule has 2 amide bonds. The first-order chi connectivity index (χ1) is 12.6. The number of rotatable bonds is 6. The Hall–Kier alpha value is -2.53. The predicted octanol–water partition coefficient (Wildman–Crippen LogP) is 3.06. The smallest absolute Gasteiger partial charge is 0.227 e. The number of benzene rings is 2. The maximum absolute atomic E-state index is 12.4. The van der Waals surface area contributed by atoms with Gasteiger partial charge in [0.15, 0.2) is 0 Å². The molecule has 5 nitrogen and oxygen atoms in total. The molecule has 0 unspecified atom stereocenters. The van der Waals surface area contributed by atoms with Crippen LogP contribution in [0.2, 0.25) is 5.02 Å². The van der Waals surface area contributed by atoms with Crippen molar-refractivity contribution < 1.29 is 14.3 Å². The fourth-order valence-electron chi connectivity index (χ4n) is 3.16. The van der Waals surface area contributed by atoms with Crippen molar-refractivity contribution in [3.63, 3.8) is 0 Å². The van der Waals surface area contributed by atoms with E-state index in [0.29, 0.717) is 30.2 Å². The van der Waals surface area contributed by atoms with Gasteiger partial charge in [-0.05, 0) is 30.2 Å². The van der Waals surface area contributed by atoms with Crippen molar-refractivity contribution in [1.82, 2.24) is 5.32 Å². The van der Waals surface area contributed by atoms with Gasteiger partial charge in [0.25, 0.3) is 0 Å². The van der Waals surface area contributed by atoms with E-state index in [1.54, 1.807) is 24.1 Å². The number of hydrogen-bond donors (Lipinski definition) is 1. The van der Waals surface area contributed by atoms with Crippen LogP contribution in [0.3, 0.4) is 0 Å². The number of amides is 2. The average Bonchev–Trinajstić information content (AvgIpc) is 3.04. The van der Waals surface area contributed by atoms with Crippen LogP contribution in [0.25, 0.3) is 0 Å². The third kappa shape index (κ3) is 3.99. The molecule has 1 N–H and O–H groups in total. The number of carbonyl (C=O) groups excluding carboxylic acids is 2. The molecule has 1 atom stereocenters. The number of carbonyl (C=O) groups is 2. The number of nitrogens with zero attached hydrogens (tertiary/aromatic N) is 1. The predicted molar refractivity (Wildman–Crippen MR) is 102 cm³/mol. The van der Waals surface area contributed by atoms with Crippen molar-refractivity contribution in [2.75, 3.05) is 25.1 Å². The van der Waals surface area contributed by atoms with Gasteiger partial charge in [0.2, 0.25) is 11.8 Å². The van der Waals surface area contributed by atoms with Crippen molar-refractivity contribution in [3.8, 4) is 5.75 Å².